The number of rotatable bonds is 5. The van der Waals surface area contributed by atoms with Crippen molar-refractivity contribution in [3.8, 4) is 0 Å². The van der Waals surface area contributed by atoms with E-state index in [1.165, 1.54) is 0 Å². The Morgan fingerprint density at radius 1 is 1.57 bits per heavy atom. The Balaban J connectivity index is 4.40. The summed E-state index contributed by atoms with van der Waals surface area (Å²) >= 11 is 9.45. The Hall–Kier alpha value is -0.420. The van der Waals surface area contributed by atoms with Crippen molar-refractivity contribution in [1.82, 2.24) is 5.32 Å². The molecule has 1 amide bonds. The fourth-order valence-corrected chi connectivity index (χ4v) is 1.21. The van der Waals surface area contributed by atoms with Gasteiger partial charge in [-0.15, -0.1) is 11.6 Å². The molecule has 0 aromatic rings. The summed E-state index contributed by atoms with van der Waals surface area (Å²) in [7, 11) is 0. The van der Waals surface area contributed by atoms with Crippen LogP contribution in [0, 0.1) is 0 Å². The highest BCUT2D eigenvalue weighted by molar-refractivity contribution is 7.81. The molecule has 0 rings (SSSR count). The molecule has 0 radical (unpaired) electrons. The summed E-state index contributed by atoms with van der Waals surface area (Å²) in [5, 5.41) is 11.2. The molecule has 14 heavy (non-hydrogen) atoms. The van der Waals surface area contributed by atoms with Crippen LogP contribution in [0.4, 0.5) is 0 Å². The molecule has 4 nitrogen and oxygen atoms in total. The van der Waals surface area contributed by atoms with Crippen molar-refractivity contribution in [2.75, 3.05) is 5.88 Å². The van der Waals surface area contributed by atoms with Crippen LogP contribution < -0.4 is 5.32 Å². The molecule has 1 atom stereocenters. The van der Waals surface area contributed by atoms with Crippen molar-refractivity contribution in [2.24, 2.45) is 0 Å². The van der Waals surface area contributed by atoms with Crippen LogP contribution in [0.1, 0.15) is 20.3 Å². The van der Waals surface area contributed by atoms with Crippen molar-refractivity contribution in [2.45, 2.75) is 31.1 Å². The number of hydrogen-bond acceptors (Lipinski definition) is 3. The van der Waals surface area contributed by atoms with Gasteiger partial charge in [-0.2, -0.15) is 12.6 Å². The number of halogens is 1. The number of amides is 1. The number of carbonyl (C=O) groups is 2. The van der Waals surface area contributed by atoms with E-state index >= 15 is 0 Å². The zero-order valence-corrected chi connectivity index (χ0v) is 9.73. The third kappa shape index (κ3) is 4.72. The largest absolute Gasteiger partial charge is 0.480 e. The predicted molar refractivity (Wildman–Crippen MR) is 58.0 cm³/mol. The second-order valence-electron chi connectivity index (χ2n) is 3.43. The standard InChI is InChI=1S/C8H14ClNO3S/c1-8(2,14)6(7(12)13)10-5(11)3-4-9/h6,14H,3-4H2,1-2H3,(H,10,11)(H,12,13). The van der Waals surface area contributed by atoms with Gasteiger partial charge in [-0.05, 0) is 13.8 Å². The topological polar surface area (TPSA) is 66.4 Å². The fourth-order valence-electron chi connectivity index (χ4n) is 0.859. The lowest BCUT2D eigenvalue weighted by Gasteiger charge is -2.26. The summed E-state index contributed by atoms with van der Waals surface area (Å²) in [6, 6.07) is -1.01. The lowest BCUT2D eigenvalue weighted by atomic mass is 10.0. The Morgan fingerprint density at radius 2 is 2.07 bits per heavy atom. The second-order valence-corrected chi connectivity index (χ2v) is 4.96. The molecule has 0 aromatic heterocycles. The summed E-state index contributed by atoms with van der Waals surface area (Å²) in [5.74, 6) is -1.31. The number of carboxylic acid groups (broad SMARTS) is 1. The van der Waals surface area contributed by atoms with Gasteiger partial charge in [0, 0.05) is 17.0 Å². The Labute approximate surface area is 93.4 Å². The molecule has 0 aromatic carbocycles. The predicted octanol–water partition coefficient (Wildman–Crippen LogP) is 0.893. The molecule has 0 aliphatic heterocycles. The van der Waals surface area contributed by atoms with Gasteiger partial charge in [0.25, 0.3) is 0 Å². The summed E-state index contributed by atoms with van der Waals surface area (Å²) in [6.45, 7) is 3.24. The van der Waals surface area contributed by atoms with Gasteiger partial charge >= 0.3 is 5.97 Å². The molecule has 0 aliphatic rings. The van der Waals surface area contributed by atoms with Crippen molar-refractivity contribution in [3.63, 3.8) is 0 Å². The van der Waals surface area contributed by atoms with Crippen LogP contribution in [-0.2, 0) is 9.59 Å². The molecule has 2 N–H and O–H groups in total. The summed E-state index contributed by atoms with van der Waals surface area (Å²) < 4.78 is -0.812. The first-order valence-corrected chi connectivity index (χ1v) is 5.07. The van der Waals surface area contributed by atoms with Gasteiger partial charge in [0.05, 0.1) is 0 Å². The minimum absolute atomic E-state index is 0.106. The van der Waals surface area contributed by atoms with Crippen LogP contribution in [0.25, 0.3) is 0 Å². The maximum absolute atomic E-state index is 11.1. The second kappa shape index (κ2) is 5.46. The monoisotopic (exact) mass is 239 g/mol. The maximum Gasteiger partial charge on any atom is 0.327 e. The molecule has 0 saturated heterocycles. The van der Waals surface area contributed by atoms with E-state index < -0.39 is 16.8 Å². The molecule has 82 valence electrons. The molecular weight excluding hydrogens is 226 g/mol. The third-order valence-corrected chi connectivity index (χ3v) is 2.03. The average Bonchev–Trinajstić information content (AvgIpc) is 1.98. The highest BCUT2D eigenvalue weighted by atomic mass is 35.5. The normalized spacial score (nSPS) is 13.4. The Bertz CT molecular complexity index is 227. The maximum atomic E-state index is 11.1. The zero-order chi connectivity index (χ0) is 11.4. The first-order chi connectivity index (χ1) is 6.29. The fraction of sp³-hybridized carbons (Fsp3) is 0.750. The highest BCUT2D eigenvalue weighted by Gasteiger charge is 2.33. The average molecular weight is 240 g/mol. The molecule has 0 saturated carbocycles. The molecule has 1 unspecified atom stereocenters. The van der Waals surface area contributed by atoms with E-state index in [2.05, 4.69) is 17.9 Å². The van der Waals surface area contributed by atoms with E-state index in [0.717, 1.165) is 0 Å². The summed E-state index contributed by atoms with van der Waals surface area (Å²) in [4.78, 5) is 21.9. The van der Waals surface area contributed by atoms with E-state index in [1.54, 1.807) is 13.8 Å². The molecule has 0 heterocycles. The summed E-state index contributed by atoms with van der Waals surface area (Å²) in [6.07, 6.45) is 0.106. The quantitative estimate of drug-likeness (QED) is 0.493. The number of hydrogen-bond donors (Lipinski definition) is 3. The van der Waals surface area contributed by atoms with Gasteiger partial charge in [-0.25, -0.2) is 4.79 Å². The van der Waals surface area contributed by atoms with Gasteiger partial charge in [-0.3, -0.25) is 4.79 Å². The molecule has 0 aliphatic carbocycles. The molecule has 0 fully saturated rings. The smallest absolute Gasteiger partial charge is 0.327 e. The Kier molecular flexibility index (Phi) is 5.29. The van der Waals surface area contributed by atoms with E-state index in [9.17, 15) is 9.59 Å². The SMILES string of the molecule is CC(C)(S)C(NC(=O)CCCl)C(=O)O. The van der Waals surface area contributed by atoms with Crippen molar-refractivity contribution in [3.05, 3.63) is 0 Å². The lowest BCUT2D eigenvalue weighted by Crippen LogP contribution is -2.51. The first kappa shape index (κ1) is 13.6. The number of nitrogens with one attached hydrogen (secondary N) is 1. The van der Waals surface area contributed by atoms with Gasteiger partial charge < -0.3 is 10.4 Å². The Morgan fingerprint density at radius 3 is 2.36 bits per heavy atom. The summed E-state index contributed by atoms with van der Waals surface area (Å²) in [5.41, 5.74) is 0. The van der Waals surface area contributed by atoms with Gasteiger partial charge in [-0.1, -0.05) is 0 Å². The van der Waals surface area contributed by atoms with Crippen molar-refractivity contribution >= 4 is 36.1 Å². The number of thiol groups is 1. The number of aliphatic carboxylic acids is 1. The molecular formula is C8H14ClNO3S. The lowest BCUT2D eigenvalue weighted by molar-refractivity contribution is -0.142. The van der Waals surface area contributed by atoms with Crippen molar-refractivity contribution in [1.29, 1.82) is 0 Å². The zero-order valence-electron chi connectivity index (χ0n) is 8.08. The van der Waals surface area contributed by atoms with Gasteiger partial charge in [0.15, 0.2) is 0 Å². The molecule has 6 heteroatoms. The van der Waals surface area contributed by atoms with E-state index in [-0.39, 0.29) is 18.2 Å². The van der Waals surface area contributed by atoms with Crippen LogP contribution in [-0.4, -0.2) is 33.7 Å². The van der Waals surface area contributed by atoms with Crippen LogP contribution in [0.15, 0.2) is 0 Å². The van der Waals surface area contributed by atoms with Crippen molar-refractivity contribution < 1.29 is 14.7 Å². The first-order valence-electron chi connectivity index (χ1n) is 4.09. The van der Waals surface area contributed by atoms with Gasteiger partial charge in [0.2, 0.25) is 5.91 Å². The van der Waals surface area contributed by atoms with Crippen LogP contribution in [0.2, 0.25) is 0 Å². The highest BCUT2D eigenvalue weighted by Crippen LogP contribution is 2.17. The minimum Gasteiger partial charge on any atom is -0.480 e. The molecule has 0 spiro atoms. The number of carbonyl (C=O) groups excluding carboxylic acids is 1. The van der Waals surface area contributed by atoms with E-state index in [0.29, 0.717) is 0 Å². The number of alkyl halides is 1. The van der Waals surface area contributed by atoms with Crippen LogP contribution in [0.5, 0.6) is 0 Å². The van der Waals surface area contributed by atoms with Crippen LogP contribution >= 0.6 is 24.2 Å². The molecule has 0 bridgehead atoms. The van der Waals surface area contributed by atoms with Gasteiger partial charge in [0.1, 0.15) is 6.04 Å². The minimum atomic E-state index is -1.10. The van der Waals surface area contributed by atoms with E-state index in [4.69, 9.17) is 16.7 Å². The third-order valence-electron chi connectivity index (χ3n) is 1.58. The number of carboxylic acids is 1. The van der Waals surface area contributed by atoms with E-state index in [1.807, 2.05) is 0 Å². The van der Waals surface area contributed by atoms with Crippen LogP contribution in [0.3, 0.4) is 0 Å².